The SMILES string of the molecule is Nc1nc2nc(CCC3CCCNC3)[nH]c2c(=O)[nH]1. The Morgan fingerprint density at radius 2 is 2.21 bits per heavy atom. The second-order valence-corrected chi connectivity index (χ2v) is 5.08. The first-order valence-electron chi connectivity index (χ1n) is 6.67. The number of H-pyrrole nitrogens is 2. The lowest BCUT2D eigenvalue weighted by atomic mass is 9.95. The van der Waals surface area contributed by atoms with Crippen LogP contribution in [0.15, 0.2) is 4.79 Å². The van der Waals surface area contributed by atoms with Crippen molar-refractivity contribution < 1.29 is 0 Å². The van der Waals surface area contributed by atoms with E-state index in [1.54, 1.807) is 0 Å². The minimum absolute atomic E-state index is 0.104. The quantitative estimate of drug-likeness (QED) is 0.629. The van der Waals surface area contributed by atoms with Crippen molar-refractivity contribution >= 4 is 17.1 Å². The van der Waals surface area contributed by atoms with Gasteiger partial charge in [0.25, 0.3) is 5.56 Å². The van der Waals surface area contributed by atoms with E-state index in [9.17, 15) is 4.79 Å². The normalized spacial score (nSPS) is 19.9. The van der Waals surface area contributed by atoms with Crippen LogP contribution in [0.25, 0.3) is 11.2 Å². The highest BCUT2D eigenvalue weighted by Crippen LogP contribution is 2.16. The molecule has 2 aromatic rings. The van der Waals surface area contributed by atoms with Crippen molar-refractivity contribution in [3.05, 3.63) is 16.2 Å². The zero-order chi connectivity index (χ0) is 13.2. The van der Waals surface area contributed by atoms with Crippen molar-refractivity contribution in [2.75, 3.05) is 18.8 Å². The van der Waals surface area contributed by atoms with Gasteiger partial charge in [0.15, 0.2) is 11.2 Å². The van der Waals surface area contributed by atoms with Gasteiger partial charge in [0.2, 0.25) is 5.95 Å². The summed E-state index contributed by atoms with van der Waals surface area (Å²) in [6, 6.07) is 0. The van der Waals surface area contributed by atoms with Gasteiger partial charge >= 0.3 is 0 Å². The van der Waals surface area contributed by atoms with Crippen molar-refractivity contribution in [3.63, 3.8) is 0 Å². The predicted molar refractivity (Wildman–Crippen MR) is 72.8 cm³/mol. The fourth-order valence-electron chi connectivity index (χ4n) is 2.60. The molecule has 0 spiro atoms. The van der Waals surface area contributed by atoms with E-state index in [1.807, 2.05) is 0 Å². The summed E-state index contributed by atoms with van der Waals surface area (Å²) in [5.41, 5.74) is 6.04. The molecule has 2 aromatic heterocycles. The second kappa shape index (κ2) is 5.00. The third kappa shape index (κ3) is 2.60. The molecule has 1 aliphatic heterocycles. The first kappa shape index (κ1) is 12.2. The van der Waals surface area contributed by atoms with Crippen LogP contribution in [-0.2, 0) is 6.42 Å². The molecule has 0 radical (unpaired) electrons. The molecule has 1 atom stereocenters. The molecule has 3 heterocycles. The standard InChI is InChI=1S/C12H18N6O/c13-12-17-10-9(11(19)18-12)15-8(16-10)4-3-7-2-1-5-14-6-7/h7,14H,1-6H2,(H4,13,15,16,17,18,19). The van der Waals surface area contributed by atoms with E-state index in [0.29, 0.717) is 17.1 Å². The zero-order valence-corrected chi connectivity index (χ0v) is 10.7. The minimum Gasteiger partial charge on any atom is -0.369 e. The Morgan fingerprint density at radius 1 is 1.32 bits per heavy atom. The Balaban J connectivity index is 1.74. The van der Waals surface area contributed by atoms with Crippen molar-refractivity contribution in [1.29, 1.82) is 0 Å². The number of fused-ring (bicyclic) bond motifs is 1. The van der Waals surface area contributed by atoms with Crippen LogP contribution in [0.5, 0.6) is 0 Å². The maximum absolute atomic E-state index is 11.7. The lowest BCUT2D eigenvalue weighted by Crippen LogP contribution is -2.30. The molecule has 7 nitrogen and oxygen atoms in total. The van der Waals surface area contributed by atoms with Crippen LogP contribution in [-0.4, -0.2) is 33.0 Å². The molecule has 1 saturated heterocycles. The monoisotopic (exact) mass is 262 g/mol. The van der Waals surface area contributed by atoms with Crippen molar-refractivity contribution in [2.24, 2.45) is 5.92 Å². The minimum atomic E-state index is -0.263. The highest BCUT2D eigenvalue weighted by atomic mass is 16.1. The number of nitrogens with one attached hydrogen (secondary N) is 3. The molecule has 0 bridgehead atoms. The molecule has 102 valence electrons. The van der Waals surface area contributed by atoms with Gasteiger partial charge in [0.1, 0.15) is 5.82 Å². The highest BCUT2D eigenvalue weighted by molar-refractivity contribution is 5.70. The Kier molecular flexibility index (Phi) is 3.20. The number of nitrogens with two attached hydrogens (primary N) is 1. The molecule has 0 saturated carbocycles. The van der Waals surface area contributed by atoms with Gasteiger partial charge in [-0.1, -0.05) is 0 Å². The number of nitrogens with zero attached hydrogens (tertiary/aromatic N) is 2. The summed E-state index contributed by atoms with van der Waals surface area (Å²) in [4.78, 5) is 25.5. The van der Waals surface area contributed by atoms with Crippen molar-refractivity contribution in [3.8, 4) is 0 Å². The van der Waals surface area contributed by atoms with Gasteiger partial charge < -0.3 is 16.0 Å². The molecule has 1 aliphatic rings. The molecule has 5 N–H and O–H groups in total. The number of aromatic amines is 2. The van der Waals surface area contributed by atoms with Gasteiger partial charge in [0.05, 0.1) is 0 Å². The van der Waals surface area contributed by atoms with Crippen LogP contribution in [0.2, 0.25) is 0 Å². The number of piperidine rings is 1. The Labute approximate surface area is 110 Å². The molecule has 1 unspecified atom stereocenters. The summed E-state index contributed by atoms with van der Waals surface area (Å²) in [6.07, 6.45) is 4.41. The predicted octanol–water partition coefficient (Wildman–Crippen LogP) is 0.161. The maximum atomic E-state index is 11.7. The number of rotatable bonds is 3. The average molecular weight is 262 g/mol. The number of hydrogen-bond donors (Lipinski definition) is 4. The summed E-state index contributed by atoms with van der Waals surface area (Å²) < 4.78 is 0. The van der Waals surface area contributed by atoms with Crippen molar-refractivity contribution in [1.82, 2.24) is 25.3 Å². The lowest BCUT2D eigenvalue weighted by molar-refractivity contribution is 0.356. The van der Waals surface area contributed by atoms with Crippen LogP contribution in [0.1, 0.15) is 25.1 Å². The van der Waals surface area contributed by atoms with Gasteiger partial charge in [-0.3, -0.25) is 9.78 Å². The number of hydrogen-bond acceptors (Lipinski definition) is 5. The Bertz CT molecular complexity index is 625. The maximum Gasteiger partial charge on any atom is 0.278 e. The molecule has 7 heteroatoms. The summed E-state index contributed by atoms with van der Waals surface area (Å²) in [6.45, 7) is 2.20. The largest absolute Gasteiger partial charge is 0.369 e. The highest BCUT2D eigenvalue weighted by Gasteiger charge is 2.14. The number of imidazole rings is 1. The molecular formula is C12H18N6O. The first-order chi connectivity index (χ1) is 9.22. The number of aryl methyl sites for hydroxylation is 1. The molecule has 1 fully saturated rings. The molecule has 0 amide bonds. The molecule has 19 heavy (non-hydrogen) atoms. The Hall–Kier alpha value is -1.89. The average Bonchev–Trinajstić information content (AvgIpc) is 2.81. The van der Waals surface area contributed by atoms with Gasteiger partial charge in [-0.25, -0.2) is 4.98 Å². The second-order valence-electron chi connectivity index (χ2n) is 5.08. The lowest BCUT2D eigenvalue weighted by Gasteiger charge is -2.21. The van der Waals surface area contributed by atoms with Gasteiger partial charge in [-0.05, 0) is 38.3 Å². The van der Waals surface area contributed by atoms with E-state index in [2.05, 4.69) is 25.3 Å². The fraction of sp³-hybridized carbons (Fsp3) is 0.583. The number of aromatic nitrogens is 4. The van der Waals surface area contributed by atoms with Crippen LogP contribution in [0, 0.1) is 5.92 Å². The fourth-order valence-corrected chi connectivity index (χ4v) is 2.60. The van der Waals surface area contributed by atoms with Gasteiger partial charge in [0, 0.05) is 6.42 Å². The van der Waals surface area contributed by atoms with E-state index >= 15 is 0 Å². The van der Waals surface area contributed by atoms with E-state index in [1.165, 1.54) is 12.8 Å². The smallest absolute Gasteiger partial charge is 0.278 e. The Morgan fingerprint density at radius 3 is 3.00 bits per heavy atom. The van der Waals surface area contributed by atoms with Gasteiger partial charge in [-0.2, -0.15) is 4.98 Å². The summed E-state index contributed by atoms with van der Waals surface area (Å²) in [7, 11) is 0. The summed E-state index contributed by atoms with van der Waals surface area (Å²) in [5.74, 6) is 1.61. The summed E-state index contributed by atoms with van der Waals surface area (Å²) in [5, 5.41) is 3.40. The van der Waals surface area contributed by atoms with Crippen LogP contribution < -0.4 is 16.6 Å². The zero-order valence-electron chi connectivity index (χ0n) is 10.7. The molecule has 3 rings (SSSR count). The van der Waals surface area contributed by atoms with Crippen LogP contribution in [0.4, 0.5) is 5.95 Å². The molecule has 0 aliphatic carbocycles. The third-order valence-electron chi connectivity index (χ3n) is 3.62. The summed E-state index contributed by atoms with van der Waals surface area (Å²) >= 11 is 0. The molecular weight excluding hydrogens is 244 g/mol. The third-order valence-corrected chi connectivity index (χ3v) is 3.62. The van der Waals surface area contributed by atoms with E-state index < -0.39 is 0 Å². The first-order valence-corrected chi connectivity index (χ1v) is 6.67. The number of anilines is 1. The van der Waals surface area contributed by atoms with Crippen molar-refractivity contribution in [2.45, 2.75) is 25.7 Å². The number of nitrogen functional groups attached to an aromatic ring is 1. The van der Waals surface area contributed by atoms with E-state index in [-0.39, 0.29) is 11.5 Å². The van der Waals surface area contributed by atoms with E-state index in [0.717, 1.165) is 31.8 Å². The molecule has 0 aromatic carbocycles. The topological polar surface area (TPSA) is 112 Å². The van der Waals surface area contributed by atoms with Crippen LogP contribution >= 0.6 is 0 Å². The van der Waals surface area contributed by atoms with E-state index in [4.69, 9.17) is 5.73 Å². The van der Waals surface area contributed by atoms with Crippen LogP contribution in [0.3, 0.4) is 0 Å². The van der Waals surface area contributed by atoms with Gasteiger partial charge in [-0.15, -0.1) is 0 Å².